The van der Waals surface area contributed by atoms with E-state index in [1.54, 1.807) is 12.4 Å². The molecule has 0 N–H and O–H groups in total. The second kappa shape index (κ2) is 6.10. The molecule has 0 aliphatic heterocycles. The van der Waals surface area contributed by atoms with E-state index in [0.29, 0.717) is 6.42 Å². The van der Waals surface area contributed by atoms with E-state index in [-0.39, 0.29) is 5.78 Å². The first kappa shape index (κ1) is 12.5. The van der Waals surface area contributed by atoms with Crippen LogP contribution in [0.5, 0.6) is 0 Å². The number of carbonyl (C=O) groups is 1. The Hall–Kier alpha value is -1.96. The van der Waals surface area contributed by atoms with Crippen molar-refractivity contribution in [2.24, 2.45) is 0 Å². The maximum atomic E-state index is 12.2. The Balaban J connectivity index is 2.04. The lowest BCUT2D eigenvalue weighted by Crippen LogP contribution is -2.05. The Labute approximate surface area is 108 Å². The van der Waals surface area contributed by atoms with Crippen molar-refractivity contribution in [3.63, 3.8) is 0 Å². The molecule has 2 rings (SSSR count). The van der Waals surface area contributed by atoms with Gasteiger partial charge in [0, 0.05) is 24.4 Å². The molecule has 0 unspecified atom stereocenters. The average Bonchev–Trinajstić information content (AvgIpc) is 2.45. The number of aryl methyl sites for hydroxylation is 2. The van der Waals surface area contributed by atoms with Crippen LogP contribution < -0.4 is 0 Å². The number of pyridine rings is 1. The summed E-state index contributed by atoms with van der Waals surface area (Å²) in [7, 11) is 0. The van der Waals surface area contributed by atoms with Crippen LogP contribution in [0, 0.1) is 0 Å². The van der Waals surface area contributed by atoms with Crippen LogP contribution in [0.25, 0.3) is 0 Å². The van der Waals surface area contributed by atoms with Crippen LogP contribution in [0.4, 0.5) is 0 Å². The molecular formula is C16H17NO. The van der Waals surface area contributed by atoms with Crippen LogP contribution in [-0.4, -0.2) is 10.8 Å². The number of hydrogen-bond donors (Lipinski definition) is 0. The molecular weight excluding hydrogens is 222 g/mol. The van der Waals surface area contributed by atoms with Gasteiger partial charge in [0.1, 0.15) is 0 Å². The Morgan fingerprint density at radius 2 is 1.94 bits per heavy atom. The highest BCUT2D eigenvalue weighted by Gasteiger charge is 2.10. The topological polar surface area (TPSA) is 30.0 Å². The molecule has 0 aliphatic carbocycles. The fourth-order valence-corrected chi connectivity index (χ4v) is 2.02. The summed E-state index contributed by atoms with van der Waals surface area (Å²) >= 11 is 0. The number of ketones is 1. The summed E-state index contributed by atoms with van der Waals surface area (Å²) in [5.41, 5.74) is 3.07. The summed E-state index contributed by atoms with van der Waals surface area (Å²) in [5, 5.41) is 0. The van der Waals surface area contributed by atoms with Crippen LogP contribution in [-0.2, 0) is 12.8 Å². The fourth-order valence-electron chi connectivity index (χ4n) is 2.02. The van der Waals surface area contributed by atoms with Gasteiger partial charge >= 0.3 is 0 Å². The Morgan fingerprint density at radius 1 is 1.17 bits per heavy atom. The molecule has 0 saturated heterocycles. The minimum Gasteiger partial charge on any atom is -0.294 e. The quantitative estimate of drug-likeness (QED) is 0.748. The van der Waals surface area contributed by atoms with Gasteiger partial charge in [-0.3, -0.25) is 9.78 Å². The zero-order valence-electron chi connectivity index (χ0n) is 10.6. The van der Waals surface area contributed by atoms with Gasteiger partial charge in [0.25, 0.3) is 0 Å². The van der Waals surface area contributed by atoms with E-state index in [0.717, 1.165) is 24.0 Å². The van der Waals surface area contributed by atoms with Crippen molar-refractivity contribution in [3.05, 3.63) is 65.5 Å². The molecule has 92 valence electrons. The van der Waals surface area contributed by atoms with E-state index in [9.17, 15) is 4.79 Å². The van der Waals surface area contributed by atoms with E-state index in [1.165, 1.54) is 5.56 Å². The molecule has 0 amide bonds. The smallest absolute Gasteiger partial charge is 0.163 e. The number of carbonyl (C=O) groups excluding carboxylic acids is 1. The molecule has 1 aromatic carbocycles. The molecule has 0 saturated carbocycles. The molecule has 2 nitrogen and oxygen atoms in total. The summed E-state index contributed by atoms with van der Waals surface area (Å²) in [4.78, 5) is 16.2. The van der Waals surface area contributed by atoms with Crippen molar-refractivity contribution in [2.45, 2.75) is 26.2 Å². The molecule has 2 aromatic rings. The molecule has 1 aromatic heterocycles. The zero-order valence-corrected chi connectivity index (χ0v) is 10.6. The highest BCUT2D eigenvalue weighted by atomic mass is 16.1. The highest BCUT2D eigenvalue weighted by Crippen LogP contribution is 2.12. The van der Waals surface area contributed by atoms with Gasteiger partial charge in [-0.05, 0) is 30.0 Å². The number of Topliss-reactive ketones (excluding diaryl/α,β-unsaturated/α-hetero) is 1. The van der Waals surface area contributed by atoms with Gasteiger partial charge in [-0.2, -0.15) is 0 Å². The SMILES string of the molecule is CCc1cnccc1C(=O)CCc1ccccc1. The van der Waals surface area contributed by atoms with Gasteiger partial charge in [0.2, 0.25) is 0 Å². The molecule has 0 radical (unpaired) electrons. The second-order valence-corrected chi connectivity index (χ2v) is 4.30. The molecule has 0 spiro atoms. The largest absolute Gasteiger partial charge is 0.294 e. The summed E-state index contributed by atoms with van der Waals surface area (Å²) in [6.07, 6.45) is 5.68. The normalized spacial score (nSPS) is 10.3. The number of aromatic nitrogens is 1. The Kier molecular flexibility index (Phi) is 4.24. The predicted octanol–water partition coefficient (Wildman–Crippen LogP) is 3.46. The minimum atomic E-state index is 0.207. The molecule has 0 fully saturated rings. The van der Waals surface area contributed by atoms with Crippen molar-refractivity contribution in [3.8, 4) is 0 Å². The van der Waals surface area contributed by atoms with Crippen LogP contribution in [0.2, 0.25) is 0 Å². The molecule has 1 heterocycles. The van der Waals surface area contributed by atoms with Crippen molar-refractivity contribution < 1.29 is 4.79 Å². The van der Waals surface area contributed by atoms with Gasteiger partial charge in [-0.25, -0.2) is 0 Å². The molecule has 0 bridgehead atoms. The maximum absolute atomic E-state index is 12.2. The third kappa shape index (κ3) is 3.04. The van der Waals surface area contributed by atoms with E-state index < -0.39 is 0 Å². The van der Waals surface area contributed by atoms with E-state index in [1.807, 2.05) is 31.2 Å². The highest BCUT2D eigenvalue weighted by molar-refractivity contribution is 5.97. The molecule has 0 aliphatic rings. The maximum Gasteiger partial charge on any atom is 0.163 e. The number of benzene rings is 1. The van der Waals surface area contributed by atoms with Crippen molar-refractivity contribution in [1.82, 2.24) is 4.98 Å². The van der Waals surface area contributed by atoms with E-state index in [2.05, 4.69) is 17.1 Å². The first-order valence-corrected chi connectivity index (χ1v) is 6.31. The second-order valence-electron chi connectivity index (χ2n) is 4.30. The van der Waals surface area contributed by atoms with Crippen molar-refractivity contribution in [2.75, 3.05) is 0 Å². The fraction of sp³-hybridized carbons (Fsp3) is 0.250. The minimum absolute atomic E-state index is 0.207. The molecule has 0 atom stereocenters. The lowest BCUT2D eigenvalue weighted by Gasteiger charge is -2.06. The van der Waals surface area contributed by atoms with Crippen LogP contribution in [0.3, 0.4) is 0 Å². The van der Waals surface area contributed by atoms with Gasteiger partial charge < -0.3 is 0 Å². The van der Waals surface area contributed by atoms with Crippen LogP contribution in [0.1, 0.15) is 34.8 Å². The molecule has 18 heavy (non-hydrogen) atoms. The Bertz CT molecular complexity index is 520. The van der Waals surface area contributed by atoms with Crippen molar-refractivity contribution in [1.29, 1.82) is 0 Å². The summed E-state index contributed by atoms with van der Waals surface area (Å²) in [5.74, 6) is 0.207. The van der Waals surface area contributed by atoms with Gasteiger partial charge in [0.15, 0.2) is 5.78 Å². The third-order valence-corrected chi connectivity index (χ3v) is 3.07. The van der Waals surface area contributed by atoms with Crippen molar-refractivity contribution >= 4 is 5.78 Å². The summed E-state index contributed by atoms with van der Waals surface area (Å²) in [6.45, 7) is 2.05. The first-order chi connectivity index (χ1) is 8.81. The van der Waals surface area contributed by atoms with Gasteiger partial charge in [-0.15, -0.1) is 0 Å². The summed E-state index contributed by atoms with van der Waals surface area (Å²) < 4.78 is 0. The number of hydrogen-bond acceptors (Lipinski definition) is 2. The van der Waals surface area contributed by atoms with Gasteiger partial charge in [-0.1, -0.05) is 37.3 Å². The molecule has 2 heteroatoms. The monoisotopic (exact) mass is 239 g/mol. The first-order valence-electron chi connectivity index (χ1n) is 6.31. The predicted molar refractivity (Wildman–Crippen MR) is 72.7 cm³/mol. The summed E-state index contributed by atoms with van der Waals surface area (Å²) in [6, 6.07) is 11.9. The Morgan fingerprint density at radius 3 is 2.67 bits per heavy atom. The lowest BCUT2D eigenvalue weighted by atomic mass is 9.99. The van der Waals surface area contributed by atoms with Crippen LogP contribution >= 0.6 is 0 Å². The zero-order chi connectivity index (χ0) is 12.8. The number of rotatable bonds is 5. The van der Waals surface area contributed by atoms with Gasteiger partial charge in [0.05, 0.1) is 0 Å². The van der Waals surface area contributed by atoms with E-state index >= 15 is 0 Å². The van der Waals surface area contributed by atoms with E-state index in [4.69, 9.17) is 0 Å². The lowest BCUT2D eigenvalue weighted by molar-refractivity contribution is 0.0982. The standard InChI is InChI=1S/C16H17NO/c1-2-14-12-17-11-10-15(14)16(18)9-8-13-6-4-3-5-7-13/h3-7,10-12H,2,8-9H2,1H3. The van der Waals surface area contributed by atoms with Crippen LogP contribution in [0.15, 0.2) is 48.8 Å². The average molecular weight is 239 g/mol. The third-order valence-electron chi connectivity index (χ3n) is 3.07. The number of nitrogens with zero attached hydrogens (tertiary/aromatic N) is 1.